The first-order chi connectivity index (χ1) is 15.2. The minimum atomic E-state index is 0.437. The number of hydrogen-bond acceptors (Lipinski definition) is 8. The van der Waals surface area contributed by atoms with Crippen LogP contribution in [0.15, 0.2) is 30.3 Å². The summed E-state index contributed by atoms with van der Waals surface area (Å²) in [5.41, 5.74) is 8.39. The van der Waals surface area contributed by atoms with Gasteiger partial charge in [-0.2, -0.15) is 9.97 Å². The second kappa shape index (κ2) is 7.23. The largest absolute Gasteiger partial charge is 0.467 e. The lowest BCUT2D eigenvalue weighted by Gasteiger charge is -2.37. The number of nitrogen functional groups attached to an aromatic ring is 1. The summed E-state index contributed by atoms with van der Waals surface area (Å²) in [4.78, 5) is 18.9. The Labute approximate surface area is 181 Å². The molecule has 8 heteroatoms. The van der Waals surface area contributed by atoms with Crippen LogP contribution in [0, 0.1) is 0 Å². The van der Waals surface area contributed by atoms with Crippen molar-refractivity contribution in [1.29, 1.82) is 0 Å². The molecule has 31 heavy (non-hydrogen) atoms. The number of ether oxygens (including phenoxy) is 1. The third kappa shape index (κ3) is 3.22. The second-order valence-electron chi connectivity index (χ2n) is 8.77. The van der Waals surface area contributed by atoms with Crippen LogP contribution >= 0.6 is 0 Å². The first-order valence-electron chi connectivity index (χ1n) is 11.0. The van der Waals surface area contributed by atoms with Gasteiger partial charge >= 0.3 is 6.01 Å². The third-order valence-electron chi connectivity index (χ3n) is 6.76. The molecule has 0 radical (unpaired) electrons. The molecule has 3 aliphatic heterocycles. The number of aromatic nitrogens is 3. The molecule has 160 valence electrons. The SMILES string of the molecule is COc1nc2c(c(N3CC4CCC(C3)N4)n1)CCN(c1nc(N)cc3ccccc13)C2. The van der Waals surface area contributed by atoms with E-state index in [-0.39, 0.29) is 0 Å². The van der Waals surface area contributed by atoms with Crippen LogP contribution in [0.5, 0.6) is 6.01 Å². The Morgan fingerprint density at radius 2 is 1.84 bits per heavy atom. The fourth-order valence-electron chi connectivity index (χ4n) is 5.33. The molecule has 2 atom stereocenters. The van der Waals surface area contributed by atoms with E-state index in [1.807, 2.05) is 18.2 Å². The van der Waals surface area contributed by atoms with Gasteiger partial charge in [0.05, 0.1) is 19.3 Å². The molecule has 2 aromatic heterocycles. The molecule has 8 nitrogen and oxygen atoms in total. The summed E-state index contributed by atoms with van der Waals surface area (Å²) in [5.74, 6) is 2.50. The third-order valence-corrected chi connectivity index (χ3v) is 6.76. The Hall–Kier alpha value is -3.13. The topological polar surface area (TPSA) is 92.4 Å². The number of fused-ring (bicyclic) bond motifs is 4. The minimum absolute atomic E-state index is 0.437. The Morgan fingerprint density at radius 1 is 1.03 bits per heavy atom. The fourth-order valence-corrected chi connectivity index (χ4v) is 5.33. The van der Waals surface area contributed by atoms with Crippen LogP contribution in [0.4, 0.5) is 17.5 Å². The molecule has 3 N–H and O–H groups in total. The molecular formula is C23H27N7O. The summed E-state index contributed by atoms with van der Waals surface area (Å²) in [7, 11) is 1.64. The summed E-state index contributed by atoms with van der Waals surface area (Å²) in [5, 5.41) is 5.92. The summed E-state index contributed by atoms with van der Waals surface area (Å²) >= 11 is 0. The maximum atomic E-state index is 6.13. The van der Waals surface area contributed by atoms with E-state index < -0.39 is 0 Å². The van der Waals surface area contributed by atoms with Crippen molar-refractivity contribution in [3.8, 4) is 6.01 Å². The van der Waals surface area contributed by atoms with Crippen LogP contribution in [0.25, 0.3) is 10.8 Å². The monoisotopic (exact) mass is 417 g/mol. The predicted octanol–water partition coefficient (Wildman–Crippen LogP) is 2.12. The van der Waals surface area contributed by atoms with Gasteiger partial charge < -0.3 is 25.6 Å². The first kappa shape index (κ1) is 18.6. The van der Waals surface area contributed by atoms with Gasteiger partial charge in [0.15, 0.2) is 0 Å². The molecule has 0 saturated carbocycles. The molecule has 2 unspecified atom stereocenters. The smallest absolute Gasteiger partial charge is 0.318 e. The van der Waals surface area contributed by atoms with Crippen molar-refractivity contribution in [3.05, 3.63) is 41.6 Å². The van der Waals surface area contributed by atoms with E-state index >= 15 is 0 Å². The second-order valence-corrected chi connectivity index (χ2v) is 8.77. The van der Waals surface area contributed by atoms with Crippen molar-refractivity contribution in [1.82, 2.24) is 20.3 Å². The average molecular weight is 418 g/mol. The minimum Gasteiger partial charge on any atom is -0.467 e. The van der Waals surface area contributed by atoms with Crippen molar-refractivity contribution in [2.75, 3.05) is 42.3 Å². The van der Waals surface area contributed by atoms with Crippen molar-refractivity contribution >= 4 is 28.2 Å². The molecule has 0 amide bonds. The van der Waals surface area contributed by atoms with Gasteiger partial charge in [-0.05, 0) is 30.7 Å². The van der Waals surface area contributed by atoms with E-state index in [0.29, 0.717) is 30.5 Å². The van der Waals surface area contributed by atoms with E-state index in [2.05, 4.69) is 27.2 Å². The average Bonchev–Trinajstić information content (AvgIpc) is 3.14. The molecule has 3 aliphatic rings. The lowest BCUT2D eigenvalue weighted by Crippen LogP contribution is -2.52. The van der Waals surface area contributed by atoms with Crippen molar-refractivity contribution < 1.29 is 4.74 Å². The zero-order valence-electron chi connectivity index (χ0n) is 17.7. The number of nitrogens with two attached hydrogens (primary N) is 1. The summed E-state index contributed by atoms with van der Waals surface area (Å²) in [6.45, 7) is 3.51. The Bertz CT molecular complexity index is 1140. The number of piperazine rings is 1. The highest BCUT2D eigenvalue weighted by atomic mass is 16.5. The maximum Gasteiger partial charge on any atom is 0.318 e. The van der Waals surface area contributed by atoms with E-state index in [1.54, 1.807) is 7.11 Å². The number of pyridine rings is 1. The molecule has 2 fully saturated rings. The molecule has 5 heterocycles. The zero-order chi connectivity index (χ0) is 20.9. The van der Waals surface area contributed by atoms with Crippen LogP contribution in [-0.2, 0) is 13.0 Å². The summed E-state index contributed by atoms with van der Waals surface area (Å²) in [6, 6.07) is 11.7. The van der Waals surface area contributed by atoms with Gasteiger partial charge in [-0.25, -0.2) is 4.98 Å². The Morgan fingerprint density at radius 3 is 2.65 bits per heavy atom. The lowest BCUT2D eigenvalue weighted by atomic mass is 10.0. The molecule has 0 aliphatic carbocycles. The summed E-state index contributed by atoms with van der Waals surface area (Å²) in [6.07, 6.45) is 3.36. The number of nitrogens with one attached hydrogen (secondary N) is 1. The normalized spacial score (nSPS) is 22.6. The first-order valence-corrected chi connectivity index (χ1v) is 11.0. The molecule has 2 saturated heterocycles. The molecule has 2 bridgehead atoms. The quantitative estimate of drug-likeness (QED) is 0.670. The van der Waals surface area contributed by atoms with E-state index in [1.165, 1.54) is 18.4 Å². The van der Waals surface area contributed by atoms with Gasteiger partial charge in [-0.15, -0.1) is 0 Å². The highest BCUT2D eigenvalue weighted by Gasteiger charge is 2.35. The van der Waals surface area contributed by atoms with E-state index in [0.717, 1.165) is 54.2 Å². The molecule has 1 aromatic carbocycles. The van der Waals surface area contributed by atoms with Gasteiger partial charge in [0.1, 0.15) is 17.5 Å². The number of hydrogen-bond donors (Lipinski definition) is 2. The Kier molecular flexibility index (Phi) is 4.34. The van der Waals surface area contributed by atoms with E-state index in [9.17, 15) is 0 Å². The standard InChI is InChI=1S/C23H27N7O/c1-31-23-26-19-13-29(21-17-5-3-2-4-14(17)10-20(24)27-21)9-8-18(19)22(28-23)30-11-15-6-7-16(12-30)25-15/h2-5,10,15-16,25H,6-9,11-13H2,1H3,(H2,24,27). The van der Waals surface area contributed by atoms with Crippen LogP contribution < -0.4 is 25.6 Å². The van der Waals surface area contributed by atoms with Crippen molar-refractivity contribution in [2.24, 2.45) is 0 Å². The molecule has 3 aromatic rings. The van der Waals surface area contributed by atoms with Crippen LogP contribution in [0.2, 0.25) is 0 Å². The number of rotatable bonds is 3. The van der Waals surface area contributed by atoms with Gasteiger partial charge in [-0.3, -0.25) is 0 Å². The summed E-state index contributed by atoms with van der Waals surface area (Å²) < 4.78 is 5.49. The van der Waals surface area contributed by atoms with E-state index in [4.69, 9.17) is 25.4 Å². The van der Waals surface area contributed by atoms with Crippen LogP contribution in [0.1, 0.15) is 24.1 Å². The van der Waals surface area contributed by atoms with Crippen LogP contribution in [0.3, 0.4) is 0 Å². The van der Waals surface area contributed by atoms with Gasteiger partial charge in [0, 0.05) is 42.7 Å². The number of methoxy groups -OCH3 is 1. The highest BCUT2D eigenvalue weighted by Crippen LogP contribution is 2.35. The van der Waals surface area contributed by atoms with Gasteiger partial charge in [-0.1, -0.05) is 24.3 Å². The molecule has 6 rings (SSSR count). The highest BCUT2D eigenvalue weighted by molar-refractivity contribution is 5.94. The van der Waals surface area contributed by atoms with Gasteiger partial charge in [0.2, 0.25) is 0 Å². The van der Waals surface area contributed by atoms with Crippen LogP contribution in [-0.4, -0.2) is 53.8 Å². The fraction of sp³-hybridized carbons (Fsp3) is 0.435. The van der Waals surface area contributed by atoms with Crippen molar-refractivity contribution in [3.63, 3.8) is 0 Å². The Balaban J connectivity index is 1.38. The predicted molar refractivity (Wildman–Crippen MR) is 122 cm³/mol. The number of benzene rings is 1. The number of anilines is 3. The maximum absolute atomic E-state index is 6.13. The molecular weight excluding hydrogens is 390 g/mol. The zero-order valence-corrected chi connectivity index (χ0v) is 17.7. The number of nitrogens with zero attached hydrogens (tertiary/aromatic N) is 5. The molecule has 0 spiro atoms. The lowest BCUT2D eigenvalue weighted by molar-refractivity contribution is 0.374. The van der Waals surface area contributed by atoms with Gasteiger partial charge in [0.25, 0.3) is 0 Å². The van der Waals surface area contributed by atoms with Crippen molar-refractivity contribution in [2.45, 2.75) is 37.9 Å².